The third-order valence-corrected chi connectivity index (χ3v) is 2.40. The van der Waals surface area contributed by atoms with Gasteiger partial charge in [0.1, 0.15) is 12.4 Å². The molecule has 0 spiro atoms. The van der Waals surface area contributed by atoms with E-state index in [0.717, 1.165) is 11.1 Å². The van der Waals surface area contributed by atoms with E-state index < -0.39 is 0 Å². The van der Waals surface area contributed by atoms with Crippen LogP contribution in [-0.2, 0) is 9.53 Å². The minimum Gasteiger partial charge on any atom is -0.496 e. The van der Waals surface area contributed by atoms with Gasteiger partial charge in [0.25, 0.3) is 0 Å². The molecule has 0 aromatic heterocycles. The highest BCUT2D eigenvalue weighted by Crippen LogP contribution is 2.31. The van der Waals surface area contributed by atoms with Crippen molar-refractivity contribution in [3.05, 3.63) is 34.9 Å². The van der Waals surface area contributed by atoms with E-state index in [1.807, 2.05) is 0 Å². The first-order valence-electron chi connectivity index (χ1n) is 4.42. The Kier molecular flexibility index (Phi) is 2.64. The third-order valence-electron chi connectivity index (χ3n) is 2.17. The number of methoxy groups -OCH3 is 1. The monoisotopic (exact) mass is 224 g/mol. The lowest BCUT2D eigenvalue weighted by Crippen LogP contribution is -1.94. The lowest BCUT2D eigenvalue weighted by Gasteiger charge is -2.08. The summed E-state index contributed by atoms with van der Waals surface area (Å²) >= 11 is 5.88. The summed E-state index contributed by atoms with van der Waals surface area (Å²) in [6, 6.07) is 5.26. The number of halogens is 1. The molecular formula is C11H9ClO3. The van der Waals surface area contributed by atoms with Gasteiger partial charge < -0.3 is 9.47 Å². The summed E-state index contributed by atoms with van der Waals surface area (Å²) in [6.07, 6.45) is 1.45. The summed E-state index contributed by atoms with van der Waals surface area (Å²) in [5.41, 5.74) is 1.59. The van der Waals surface area contributed by atoms with Crippen LogP contribution >= 0.6 is 11.6 Å². The molecule has 2 rings (SSSR count). The van der Waals surface area contributed by atoms with Crippen LogP contribution in [-0.4, -0.2) is 19.7 Å². The van der Waals surface area contributed by atoms with Gasteiger partial charge in [0.05, 0.1) is 7.11 Å². The Hall–Kier alpha value is -1.48. The van der Waals surface area contributed by atoms with Gasteiger partial charge >= 0.3 is 5.97 Å². The minimum atomic E-state index is -0.327. The van der Waals surface area contributed by atoms with Crippen molar-refractivity contribution in [2.45, 2.75) is 0 Å². The Balaban J connectivity index is 2.46. The van der Waals surface area contributed by atoms with E-state index in [1.165, 1.54) is 6.08 Å². The molecule has 0 saturated carbocycles. The van der Waals surface area contributed by atoms with Gasteiger partial charge in [0, 0.05) is 22.2 Å². The molecule has 1 aromatic carbocycles. The number of hydrogen-bond acceptors (Lipinski definition) is 3. The Bertz CT molecular complexity index is 437. The van der Waals surface area contributed by atoms with Gasteiger partial charge in [0.15, 0.2) is 0 Å². The van der Waals surface area contributed by atoms with Gasteiger partial charge in [-0.15, -0.1) is 0 Å². The van der Waals surface area contributed by atoms with Gasteiger partial charge in [-0.2, -0.15) is 0 Å². The van der Waals surface area contributed by atoms with Crippen LogP contribution in [0.5, 0.6) is 5.75 Å². The van der Waals surface area contributed by atoms with Crippen LogP contribution in [0.2, 0.25) is 5.02 Å². The maximum Gasteiger partial charge on any atom is 0.331 e. The minimum absolute atomic E-state index is 0.273. The Labute approximate surface area is 92.3 Å². The molecule has 1 aromatic rings. The quantitative estimate of drug-likeness (QED) is 0.723. The van der Waals surface area contributed by atoms with Crippen molar-refractivity contribution in [3.63, 3.8) is 0 Å². The summed E-state index contributed by atoms with van der Waals surface area (Å²) in [5.74, 6) is 0.357. The molecule has 4 heteroatoms. The first-order chi connectivity index (χ1) is 7.20. The molecule has 0 amide bonds. The number of benzene rings is 1. The molecular weight excluding hydrogens is 216 g/mol. The van der Waals surface area contributed by atoms with Gasteiger partial charge in [-0.25, -0.2) is 4.79 Å². The van der Waals surface area contributed by atoms with E-state index >= 15 is 0 Å². The van der Waals surface area contributed by atoms with Gasteiger partial charge in [-0.05, 0) is 18.2 Å². The van der Waals surface area contributed by atoms with Crippen molar-refractivity contribution in [3.8, 4) is 5.75 Å². The SMILES string of the molecule is COc1ccc(Cl)cc1C1=CC(=O)OC1. The second-order valence-corrected chi connectivity index (χ2v) is 3.56. The van der Waals surface area contributed by atoms with E-state index in [9.17, 15) is 4.79 Å². The fourth-order valence-corrected chi connectivity index (χ4v) is 1.63. The predicted octanol–water partition coefficient (Wildman–Crippen LogP) is 2.29. The van der Waals surface area contributed by atoms with Gasteiger partial charge in [-0.1, -0.05) is 11.6 Å². The zero-order valence-corrected chi connectivity index (χ0v) is 8.88. The van der Waals surface area contributed by atoms with Crippen molar-refractivity contribution in [1.29, 1.82) is 0 Å². The summed E-state index contributed by atoms with van der Waals surface area (Å²) in [7, 11) is 1.57. The smallest absolute Gasteiger partial charge is 0.331 e. The molecule has 0 aliphatic carbocycles. The standard InChI is InChI=1S/C11H9ClO3/c1-14-10-3-2-8(12)5-9(10)7-4-11(13)15-6-7/h2-5H,6H2,1H3. The lowest BCUT2D eigenvalue weighted by atomic mass is 10.1. The Morgan fingerprint density at radius 2 is 2.27 bits per heavy atom. The highest BCUT2D eigenvalue weighted by Gasteiger charge is 2.17. The normalized spacial score (nSPS) is 14.8. The molecule has 0 saturated heterocycles. The van der Waals surface area contributed by atoms with E-state index in [4.69, 9.17) is 21.1 Å². The maximum absolute atomic E-state index is 10.9. The zero-order chi connectivity index (χ0) is 10.8. The summed E-state index contributed by atoms with van der Waals surface area (Å²) in [5, 5.41) is 0.603. The molecule has 1 heterocycles. The molecule has 15 heavy (non-hydrogen) atoms. The average molecular weight is 225 g/mol. The summed E-state index contributed by atoms with van der Waals surface area (Å²) in [6.45, 7) is 0.273. The van der Waals surface area contributed by atoms with Gasteiger partial charge in [0.2, 0.25) is 0 Å². The van der Waals surface area contributed by atoms with E-state index in [-0.39, 0.29) is 12.6 Å². The predicted molar refractivity (Wildman–Crippen MR) is 56.9 cm³/mol. The largest absolute Gasteiger partial charge is 0.496 e. The second kappa shape index (κ2) is 3.95. The molecule has 1 aliphatic rings. The summed E-state index contributed by atoms with van der Waals surface area (Å²) < 4.78 is 10.0. The van der Waals surface area contributed by atoms with Crippen LogP contribution in [0.25, 0.3) is 5.57 Å². The van der Waals surface area contributed by atoms with Gasteiger partial charge in [-0.3, -0.25) is 0 Å². The van der Waals surface area contributed by atoms with Crippen LogP contribution in [0.1, 0.15) is 5.56 Å². The van der Waals surface area contributed by atoms with Crippen molar-refractivity contribution in [1.82, 2.24) is 0 Å². The highest BCUT2D eigenvalue weighted by atomic mass is 35.5. The van der Waals surface area contributed by atoms with Crippen LogP contribution in [0.15, 0.2) is 24.3 Å². The molecule has 0 N–H and O–H groups in total. The molecule has 0 radical (unpaired) electrons. The topological polar surface area (TPSA) is 35.5 Å². The van der Waals surface area contributed by atoms with E-state index in [1.54, 1.807) is 25.3 Å². The molecule has 1 aliphatic heterocycles. The fraction of sp³-hybridized carbons (Fsp3) is 0.182. The Morgan fingerprint density at radius 1 is 1.47 bits per heavy atom. The maximum atomic E-state index is 10.9. The fourth-order valence-electron chi connectivity index (χ4n) is 1.46. The first kappa shape index (κ1) is 10.1. The van der Waals surface area contributed by atoms with Crippen LogP contribution in [0.3, 0.4) is 0 Å². The molecule has 3 nitrogen and oxygen atoms in total. The van der Waals surface area contributed by atoms with Crippen LogP contribution < -0.4 is 4.74 Å². The van der Waals surface area contributed by atoms with Crippen molar-refractivity contribution in [2.75, 3.05) is 13.7 Å². The molecule has 0 atom stereocenters. The molecule has 78 valence electrons. The highest BCUT2D eigenvalue weighted by molar-refractivity contribution is 6.30. The van der Waals surface area contributed by atoms with Crippen molar-refractivity contribution in [2.24, 2.45) is 0 Å². The van der Waals surface area contributed by atoms with E-state index in [2.05, 4.69) is 0 Å². The second-order valence-electron chi connectivity index (χ2n) is 3.12. The third kappa shape index (κ3) is 1.97. The van der Waals surface area contributed by atoms with Crippen molar-refractivity contribution < 1.29 is 14.3 Å². The van der Waals surface area contributed by atoms with Crippen molar-refractivity contribution >= 4 is 23.1 Å². The number of ether oxygens (including phenoxy) is 2. The molecule has 0 unspecified atom stereocenters. The number of cyclic esters (lactones) is 1. The van der Waals surface area contributed by atoms with E-state index in [0.29, 0.717) is 10.8 Å². The summed E-state index contributed by atoms with van der Waals surface area (Å²) in [4.78, 5) is 10.9. The number of hydrogen-bond donors (Lipinski definition) is 0. The van der Waals surface area contributed by atoms with Crippen LogP contribution in [0, 0.1) is 0 Å². The number of carbonyl (C=O) groups excluding carboxylic acids is 1. The van der Waals surface area contributed by atoms with Crippen LogP contribution in [0.4, 0.5) is 0 Å². The lowest BCUT2D eigenvalue weighted by molar-refractivity contribution is -0.134. The molecule has 0 bridgehead atoms. The zero-order valence-electron chi connectivity index (χ0n) is 8.12. The molecule has 0 fully saturated rings. The average Bonchev–Trinajstić information content (AvgIpc) is 2.65. The number of rotatable bonds is 2. The number of esters is 1. The first-order valence-corrected chi connectivity index (χ1v) is 4.80. The number of carbonyl (C=O) groups is 1. The Morgan fingerprint density at radius 3 is 2.87 bits per heavy atom.